The number of pyridine rings is 1. The fourth-order valence-corrected chi connectivity index (χ4v) is 4.43. The van der Waals surface area contributed by atoms with Crippen LogP contribution in [0.2, 0.25) is 30.7 Å². The minimum atomic E-state index is -1.17. The number of nitrogens with zero attached hydrogens (tertiary/aromatic N) is 5. The van der Waals surface area contributed by atoms with Gasteiger partial charge in [0.15, 0.2) is 0 Å². The van der Waals surface area contributed by atoms with Crippen LogP contribution < -0.4 is 0 Å². The molecule has 0 unspecified atom stereocenters. The van der Waals surface area contributed by atoms with E-state index in [0.29, 0.717) is 35.6 Å². The molecule has 9 heteroatoms. The lowest BCUT2D eigenvalue weighted by Gasteiger charge is -2.16. The van der Waals surface area contributed by atoms with E-state index in [1.54, 1.807) is 10.9 Å². The fraction of sp³-hybridized carbons (Fsp3) is 0.292. The second-order valence-corrected chi connectivity index (χ2v) is 15.2. The van der Waals surface area contributed by atoms with Crippen LogP contribution in [0.4, 0.5) is 4.39 Å². The lowest BCUT2D eigenvalue weighted by molar-refractivity contribution is 0.0883. The highest BCUT2D eigenvalue weighted by Gasteiger charge is 2.21. The zero-order chi connectivity index (χ0) is 23.6. The molecule has 0 bridgehead atoms. The van der Waals surface area contributed by atoms with Gasteiger partial charge in [0.05, 0.1) is 16.3 Å². The Hall–Kier alpha value is -2.81. The minimum absolute atomic E-state index is 0.385. The predicted octanol–water partition coefficient (Wildman–Crippen LogP) is 6.21. The van der Waals surface area contributed by atoms with Gasteiger partial charge in [-0.2, -0.15) is 9.49 Å². The molecule has 0 aliphatic carbocycles. The zero-order valence-corrected chi connectivity index (χ0v) is 21.0. The summed E-state index contributed by atoms with van der Waals surface area (Å²) in [6.45, 7) is 9.94. The number of halogens is 2. The Morgan fingerprint density at radius 2 is 1.91 bits per heavy atom. The Kier molecular flexibility index (Phi) is 6.78. The Labute approximate surface area is 199 Å². The number of hydrogen-bond acceptors (Lipinski definition) is 4. The van der Waals surface area contributed by atoms with Crippen LogP contribution in [0.5, 0.6) is 0 Å². The number of imidazole rings is 1. The number of ether oxygens (including phenoxy) is 1. The molecule has 0 aliphatic rings. The second-order valence-electron chi connectivity index (χ2n) is 9.18. The maximum absolute atomic E-state index is 13.9. The highest BCUT2D eigenvalue weighted by Crippen LogP contribution is 2.35. The molecule has 0 saturated heterocycles. The van der Waals surface area contributed by atoms with E-state index in [1.165, 1.54) is 12.3 Å². The topological polar surface area (TPSA) is 57.8 Å². The van der Waals surface area contributed by atoms with Crippen LogP contribution in [0.1, 0.15) is 5.56 Å². The maximum Gasteiger partial charge on any atom is 0.214 e. The fourth-order valence-electron chi connectivity index (χ4n) is 3.45. The van der Waals surface area contributed by atoms with Gasteiger partial charge in [-0.15, -0.1) is 0 Å². The number of benzene rings is 1. The van der Waals surface area contributed by atoms with E-state index in [2.05, 4.69) is 29.6 Å². The molecule has 1 aromatic carbocycles. The van der Waals surface area contributed by atoms with Gasteiger partial charge in [0.2, 0.25) is 5.95 Å². The first-order chi connectivity index (χ1) is 15.7. The SMILES string of the molecule is Cc1cnc(F)cc1-n1cc(-c2nccn2COCC[Si](C)(C)C)c(-c2ccccc2Cl)n1. The lowest BCUT2D eigenvalue weighted by Crippen LogP contribution is -2.22. The van der Waals surface area contributed by atoms with Crippen LogP contribution >= 0.6 is 11.6 Å². The highest BCUT2D eigenvalue weighted by molar-refractivity contribution is 6.76. The molecule has 0 spiro atoms. The molecule has 172 valence electrons. The summed E-state index contributed by atoms with van der Waals surface area (Å²) in [5.74, 6) is 0.139. The summed E-state index contributed by atoms with van der Waals surface area (Å²) in [5.41, 5.74) is 3.61. The molecule has 3 aromatic heterocycles. The van der Waals surface area contributed by atoms with Crippen molar-refractivity contribution in [1.29, 1.82) is 0 Å². The molecule has 4 aromatic rings. The highest BCUT2D eigenvalue weighted by atomic mass is 35.5. The van der Waals surface area contributed by atoms with E-state index in [9.17, 15) is 4.39 Å². The van der Waals surface area contributed by atoms with Crippen molar-refractivity contribution in [3.63, 3.8) is 0 Å². The Morgan fingerprint density at radius 3 is 2.67 bits per heavy atom. The summed E-state index contributed by atoms with van der Waals surface area (Å²) in [4.78, 5) is 8.32. The van der Waals surface area contributed by atoms with E-state index in [-0.39, 0.29) is 0 Å². The van der Waals surface area contributed by atoms with Crippen LogP contribution in [0, 0.1) is 12.9 Å². The number of aryl methyl sites for hydroxylation is 1. The second kappa shape index (κ2) is 9.58. The predicted molar refractivity (Wildman–Crippen MR) is 132 cm³/mol. The Morgan fingerprint density at radius 1 is 1.12 bits per heavy atom. The van der Waals surface area contributed by atoms with Gasteiger partial charge in [0, 0.05) is 51.1 Å². The third-order valence-electron chi connectivity index (χ3n) is 5.31. The molecule has 6 nitrogen and oxygen atoms in total. The molecule has 33 heavy (non-hydrogen) atoms. The summed E-state index contributed by atoms with van der Waals surface area (Å²) in [6.07, 6.45) is 6.97. The van der Waals surface area contributed by atoms with Crippen LogP contribution in [-0.4, -0.2) is 39.0 Å². The van der Waals surface area contributed by atoms with Crippen LogP contribution in [0.3, 0.4) is 0 Å². The van der Waals surface area contributed by atoms with E-state index in [0.717, 1.165) is 22.7 Å². The van der Waals surface area contributed by atoms with E-state index >= 15 is 0 Å². The van der Waals surface area contributed by atoms with E-state index < -0.39 is 14.0 Å². The molecule has 0 saturated carbocycles. The number of aromatic nitrogens is 5. The first-order valence-electron chi connectivity index (χ1n) is 10.8. The molecular weight excluding hydrogens is 457 g/mol. The van der Waals surface area contributed by atoms with Crippen LogP contribution in [0.25, 0.3) is 28.3 Å². The minimum Gasteiger partial charge on any atom is -0.361 e. The first-order valence-corrected chi connectivity index (χ1v) is 14.9. The third kappa shape index (κ3) is 5.40. The summed E-state index contributed by atoms with van der Waals surface area (Å²) < 4.78 is 23.5. The lowest BCUT2D eigenvalue weighted by atomic mass is 10.1. The average Bonchev–Trinajstić information content (AvgIpc) is 3.39. The molecule has 0 aliphatic heterocycles. The van der Waals surface area contributed by atoms with Crippen molar-refractivity contribution in [2.24, 2.45) is 0 Å². The molecule has 0 radical (unpaired) electrons. The van der Waals surface area contributed by atoms with Gasteiger partial charge in [0.25, 0.3) is 0 Å². The number of rotatable bonds is 8. The third-order valence-corrected chi connectivity index (χ3v) is 7.35. The van der Waals surface area contributed by atoms with Gasteiger partial charge in [-0.05, 0) is 24.6 Å². The smallest absolute Gasteiger partial charge is 0.214 e. The van der Waals surface area contributed by atoms with Crippen molar-refractivity contribution in [3.8, 4) is 28.3 Å². The summed E-state index contributed by atoms with van der Waals surface area (Å²) in [7, 11) is -1.17. The molecule has 0 fully saturated rings. The van der Waals surface area contributed by atoms with Crippen molar-refractivity contribution in [3.05, 3.63) is 71.7 Å². The van der Waals surface area contributed by atoms with Gasteiger partial charge in [-0.1, -0.05) is 49.4 Å². The Balaban J connectivity index is 1.76. The van der Waals surface area contributed by atoms with Gasteiger partial charge >= 0.3 is 0 Å². The van der Waals surface area contributed by atoms with Crippen molar-refractivity contribution < 1.29 is 9.13 Å². The van der Waals surface area contributed by atoms with Gasteiger partial charge < -0.3 is 9.30 Å². The van der Waals surface area contributed by atoms with Gasteiger partial charge in [-0.3, -0.25) is 0 Å². The van der Waals surface area contributed by atoms with Crippen LogP contribution in [-0.2, 0) is 11.5 Å². The van der Waals surface area contributed by atoms with E-state index in [4.69, 9.17) is 21.4 Å². The van der Waals surface area contributed by atoms with Crippen molar-refractivity contribution in [2.45, 2.75) is 39.3 Å². The first kappa shape index (κ1) is 23.3. The largest absolute Gasteiger partial charge is 0.361 e. The normalized spacial score (nSPS) is 11.8. The molecule has 3 heterocycles. The summed E-state index contributed by atoms with van der Waals surface area (Å²) >= 11 is 6.52. The van der Waals surface area contributed by atoms with Gasteiger partial charge in [-0.25, -0.2) is 14.6 Å². The summed E-state index contributed by atoms with van der Waals surface area (Å²) in [5, 5.41) is 5.36. The molecule has 4 rings (SSSR count). The zero-order valence-electron chi connectivity index (χ0n) is 19.2. The molecule has 0 N–H and O–H groups in total. The monoisotopic (exact) mass is 483 g/mol. The molecular formula is C24H27ClFN5OSi. The Bertz CT molecular complexity index is 1260. The van der Waals surface area contributed by atoms with Crippen molar-refractivity contribution in [2.75, 3.05) is 6.61 Å². The van der Waals surface area contributed by atoms with Crippen molar-refractivity contribution in [1.82, 2.24) is 24.3 Å². The maximum atomic E-state index is 13.9. The van der Waals surface area contributed by atoms with Crippen LogP contribution in [0.15, 0.2) is 55.1 Å². The average molecular weight is 484 g/mol. The van der Waals surface area contributed by atoms with Gasteiger partial charge in [0.1, 0.15) is 18.2 Å². The van der Waals surface area contributed by atoms with Crippen molar-refractivity contribution >= 4 is 19.7 Å². The van der Waals surface area contributed by atoms with E-state index in [1.807, 2.05) is 48.1 Å². The molecule has 0 amide bonds. The quantitative estimate of drug-likeness (QED) is 0.170. The standard InChI is InChI=1S/C24H27ClFN5OSi/c1-17-14-28-22(26)13-21(17)31-15-19(23(29-31)18-7-5-6-8-20(18)25)24-27-9-10-30(24)16-32-11-12-33(2,3)4/h5-10,13-15H,11-12,16H2,1-4H3. The molecule has 0 atom stereocenters. The summed E-state index contributed by atoms with van der Waals surface area (Å²) in [6, 6.07) is 9.98. The number of hydrogen-bond donors (Lipinski definition) is 0.